The highest BCUT2D eigenvalue weighted by Gasteiger charge is 2.22. The Hall–Kier alpha value is -1.13. The maximum absolute atomic E-state index is 5.52. The van der Waals surface area contributed by atoms with Crippen molar-refractivity contribution in [3.63, 3.8) is 0 Å². The van der Waals surface area contributed by atoms with E-state index in [1.165, 1.54) is 12.0 Å². The lowest BCUT2D eigenvalue weighted by molar-refractivity contribution is 0.161. The van der Waals surface area contributed by atoms with Gasteiger partial charge >= 0.3 is 0 Å². The number of rotatable bonds is 5. The summed E-state index contributed by atoms with van der Waals surface area (Å²) in [6.07, 6.45) is 4.03. The Morgan fingerprint density at radius 1 is 1.53 bits per heavy atom. The van der Waals surface area contributed by atoms with E-state index in [4.69, 9.17) is 10.5 Å². The van der Waals surface area contributed by atoms with Crippen LogP contribution < -0.4 is 10.6 Å². The number of aromatic nitrogens is 1. The molecule has 1 aromatic rings. The maximum Gasteiger partial charge on any atom is 0.128 e. The van der Waals surface area contributed by atoms with Gasteiger partial charge in [-0.2, -0.15) is 0 Å². The molecule has 1 aromatic heterocycles. The van der Waals surface area contributed by atoms with E-state index < -0.39 is 0 Å². The van der Waals surface area contributed by atoms with Crippen molar-refractivity contribution in [3.8, 4) is 0 Å². The number of nitrogens with two attached hydrogens (primary N) is 1. The summed E-state index contributed by atoms with van der Waals surface area (Å²) >= 11 is 0. The highest BCUT2D eigenvalue weighted by molar-refractivity contribution is 5.40. The SMILES string of the molecule is COCC1CCN(c2ccc(CCN)cn2)C1. The van der Waals surface area contributed by atoms with Crippen molar-refractivity contribution < 1.29 is 4.74 Å². The van der Waals surface area contributed by atoms with E-state index in [2.05, 4.69) is 22.0 Å². The first-order valence-electron chi connectivity index (χ1n) is 6.22. The number of anilines is 1. The first-order valence-corrected chi connectivity index (χ1v) is 6.22. The van der Waals surface area contributed by atoms with E-state index >= 15 is 0 Å². The van der Waals surface area contributed by atoms with Gasteiger partial charge in [-0.25, -0.2) is 4.98 Å². The zero-order valence-corrected chi connectivity index (χ0v) is 10.4. The van der Waals surface area contributed by atoms with Crippen LogP contribution in [0.2, 0.25) is 0 Å². The van der Waals surface area contributed by atoms with Crippen molar-refractivity contribution >= 4 is 5.82 Å². The van der Waals surface area contributed by atoms with Crippen LogP contribution >= 0.6 is 0 Å². The molecule has 94 valence electrons. The molecule has 4 nitrogen and oxygen atoms in total. The second-order valence-corrected chi connectivity index (χ2v) is 4.62. The summed E-state index contributed by atoms with van der Waals surface area (Å²) in [7, 11) is 1.77. The van der Waals surface area contributed by atoms with Crippen molar-refractivity contribution in [1.82, 2.24) is 4.98 Å². The Morgan fingerprint density at radius 2 is 2.41 bits per heavy atom. The molecular formula is C13H21N3O. The van der Waals surface area contributed by atoms with Gasteiger partial charge in [0.25, 0.3) is 0 Å². The number of methoxy groups -OCH3 is 1. The molecule has 1 atom stereocenters. The molecule has 17 heavy (non-hydrogen) atoms. The minimum Gasteiger partial charge on any atom is -0.384 e. The molecule has 1 aliphatic heterocycles. The molecule has 1 saturated heterocycles. The molecule has 0 spiro atoms. The number of pyridine rings is 1. The first-order chi connectivity index (χ1) is 8.33. The van der Waals surface area contributed by atoms with Crippen molar-refractivity contribution in [2.45, 2.75) is 12.8 Å². The highest BCUT2D eigenvalue weighted by Crippen LogP contribution is 2.22. The van der Waals surface area contributed by atoms with Gasteiger partial charge in [-0.1, -0.05) is 6.07 Å². The molecule has 0 bridgehead atoms. The molecule has 0 radical (unpaired) electrons. The van der Waals surface area contributed by atoms with E-state index in [1.54, 1.807) is 7.11 Å². The predicted molar refractivity (Wildman–Crippen MR) is 69.2 cm³/mol. The lowest BCUT2D eigenvalue weighted by atomic mass is 10.1. The summed E-state index contributed by atoms with van der Waals surface area (Å²) in [5, 5.41) is 0. The Bertz CT molecular complexity index is 339. The summed E-state index contributed by atoms with van der Waals surface area (Å²) in [4.78, 5) is 6.83. The van der Waals surface area contributed by atoms with Crippen molar-refractivity contribution in [2.75, 3.05) is 38.3 Å². The summed E-state index contributed by atoms with van der Waals surface area (Å²) in [5.74, 6) is 1.72. The minimum absolute atomic E-state index is 0.644. The van der Waals surface area contributed by atoms with Gasteiger partial charge in [0.2, 0.25) is 0 Å². The molecule has 0 saturated carbocycles. The van der Waals surface area contributed by atoms with Crippen LogP contribution in [0.25, 0.3) is 0 Å². The Kier molecular flexibility index (Phi) is 4.34. The van der Waals surface area contributed by atoms with Gasteiger partial charge in [-0.05, 0) is 31.0 Å². The van der Waals surface area contributed by atoms with Crippen molar-refractivity contribution in [2.24, 2.45) is 11.7 Å². The standard InChI is InChI=1S/C13H21N3O/c1-17-10-12-5-7-16(9-12)13-3-2-11(4-6-14)8-15-13/h2-3,8,12H,4-7,9-10,14H2,1H3. The van der Waals surface area contributed by atoms with E-state index in [0.29, 0.717) is 12.5 Å². The topological polar surface area (TPSA) is 51.4 Å². The molecule has 2 heterocycles. The molecule has 4 heteroatoms. The third-order valence-corrected chi connectivity index (χ3v) is 3.25. The number of hydrogen-bond donors (Lipinski definition) is 1. The van der Waals surface area contributed by atoms with Crippen LogP contribution in [-0.2, 0) is 11.2 Å². The zero-order chi connectivity index (χ0) is 12.1. The lowest BCUT2D eigenvalue weighted by Gasteiger charge is -2.17. The molecule has 0 aliphatic carbocycles. The highest BCUT2D eigenvalue weighted by atomic mass is 16.5. The van der Waals surface area contributed by atoms with Gasteiger partial charge in [-0.15, -0.1) is 0 Å². The number of nitrogens with zero attached hydrogens (tertiary/aromatic N) is 2. The van der Waals surface area contributed by atoms with Crippen LogP contribution in [0.1, 0.15) is 12.0 Å². The summed E-state index contributed by atoms with van der Waals surface area (Å²) < 4.78 is 5.20. The zero-order valence-electron chi connectivity index (χ0n) is 10.4. The second kappa shape index (κ2) is 5.98. The van der Waals surface area contributed by atoms with Crippen LogP contribution in [0.15, 0.2) is 18.3 Å². The quantitative estimate of drug-likeness (QED) is 0.829. The lowest BCUT2D eigenvalue weighted by Crippen LogP contribution is -2.22. The van der Waals surface area contributed by atoms with E-state index in [1.807, 2.05) is 6.20 Å². The number of ether oxygens (including phenoxy) is 1. The summed E-state index contributed by atoms with van der Waals surface area (Å²) in [6, 6.07) is 4.22. The van der Waals surface area contributed by atoms with Crippen LogP contribution in [0.3, 0.4) is 0 Å². The summed E-state index contributed by atoms with van der Waals surface area (Å²) in [5.41, 5.74) is 6.73. The molecule has 0 amide bonds. The van der Waals surface area contributed by atoms with Gasteiger partial charge in [-0.3, -0.25) is 0 Å². The van der Waals surface area contributed by atoms with Gasteiger partial charge in [0.05, 0.1) is 6.61 Å². The monoisotopic (exact) mass is 235 g/mol. The fourth-order valence-corrected chi connectivity index (χ4v) is 2.33. The number of hydrogen-bond acceptors (Lipinski definition) is 4. The van der Waals surface area contributed by atoms with Gasteiger partial charge in [0.1, 0.15) is 5.82 Å². The Labute approximate surface area is 103 Å². The molecule has 2 N–H and O–H groups in total. The van der Waals surface area contributed by atoms with Crippen molar-refractivity contribution in [1.29, 1.82) is 0 Å². The molecule has 1 aliphatic rings. The fourth-order valence-electron chi connectivity index (χ4n) is 2.33. The van der Waals surface area contributed by atoms with Crippen molar-refractivity contribution in [3.05, 3.63) is 23.9 Å². The van der Waals surface area contributed by atoms with Gasteiger partial charge in [0, 0.05) is 32.3 Å². The van der Waals surface area contributed by atoms with E-state index in [-0.39, 0.29) is 0 Å². The molecular weight excluding hydrogens is 214 g/mol. The van der Waals surface area contributed by atoms with E-state index in [0.717, 1.165) is 31.9 Å². The van der Waals surface area contributed by atoms with E-state index in [9.17, 15) is 0 Å². The van der Waals surface area contributed by atoms with Crippen LogP contribution in [-0.4, -0.2) is 38.3 Å². The smallest absolute Gasteiger partial charge is 0.128 e. The average molecular weight is 235 g/mol. The average Bonchev–Trinajstić information content (AvgIpc) is 2.80. The molecule has 2 rings (SSSR count). The normalized spacial score (nSPS) is 19.9. The third-order valence-electron chi connectivity index (χ3n) is 3.25. The Morgan fingerprint density at radius 3 is 3.06 bits per heavy atom. The molecule has 0 aromatic carbocycles. The summed E-state index contributed by atoms with van der Waals surface area (Å²) in [6.45, 7) is 3.66. The van der Waals surface area contributed by atoms with Crippen LogP contribution in [0, 0.1) is 5.92 Å². The maximum atomic E-state index is 5.52. The van der Waals surface area contributed by atoms with Crippen LogP contribution in [0.4, 0.5) is 5.82 Å². The predicted octanol–water partition coefficient (Wildman–Crippen LogP) is 1.06. The minimum atomic E-state index is 0.644. The van der Waals surface area contributed by atoms with Crippen LogP contribution in [0.5, 0.6) is 0 Å². The van der Waals surface area contributed by atoms with Gasteiger partial charge in [0.15, 0.2) is 0 Å². The molecule has 1 fully saturated rings. The third kappa shape index (κ3) is 3.17. The fraction of sp³-hybridized carbons (Fsp3) is 0.615. The second-order valence-electron chi connectivity index (χ2n) is 4.62. The van der Waals surface area contributed by atoms with Gasteiger partial charge < -0.3 is 15.4 Å². The molecule has 1 unspecified atom stereocenters. The largest absolute Gasteiger partial charge is 0.384 e. The Balaban J connectivity index is 1.94. The first kappa shape index (κ1) is 12.3.